The number of phenolic OH excluding ortho intramolecular Hbond substituents is 1. The second-order valence-electron chi connectivity index (χ2n) is 10.6. The zero-order valence-corrected chi connectivity index (χ0v) is 23.4. The Labute approximate surface area is 225 Å². The van der Waals surface area contributed by atoms with Crippen LogP contribution in [-0.2, 0) is 19.2 Å². The van der Waals surface area contributed by atoms with Crippen molar-refractivity contribution in [3.8, 4) is 11.5 Å². The maximum Gasteiger partial charge on any atom is 0.234 e. The number of fused-ring (bicyclic) bond motifs is 3. The first-order chi connectivity index (χ1) is 16.9. The van der Waals surface area contributed by atoms with E-state index in [1.165, 1.54) is 18.1 Å². The number of carbonyl (C=O) groups is 4. The number of hydrogen-bond donors (Lipinski definition) is 1. The molecule has 1 aromatic carbocycles. The van der Waals surface area contributed by atoms with E-state index in [0.29, 0.717) is 27.6 Å². The van der Waals surface area contributed by atoms with Gasteiger partial charge in [0.1, 0.15) is 0 Å². The van der Waals surface area contributed by atoms with E-state index >= 15 is 0 Å². The Balaban J connectivity index is 1.73. The van der Waals surface area contributed by atoms with E-state index in [4.69, 9.17) is 4.74 Å². The molecule has 1 aromatic rings. The maximum absolute atomic E-state index is 13.7. The summed E-state index contributed by atoms with van der Waals surface area (Å²) in [4.78, 5) is 55.0. The second kappa shape index (κ2) is 8.52. The average Bonchev–Trinajstić information content (AvgIpc) is 3.07. The molecule has 2 amide bonds. The number of halogens is 2. The number of ether oxygens (including phenoxy) is 1. The van der Waals surface area contributed by atoms with Crippen LogP contribution in [0.5, 0.6) is 11.5 Å². The van der Waals surface area contributed by atoms with Crippen LogP contribution in [0.25, 0.3) is 0 Å². The Morgan fingerprint density at radius 2 is 1.75 bits per heavy atom. The number of benzene rings is 1. The van der Waals surface area contributed by atoms with Crippen LogP contribution in [0.3, 0.4) is 0 Å². The number of hydrogen-bond acceptors (Lipinski definition) is 6. The zero-order chi connectivity index (χ0) is 26.3. The summed E-state index contributed by atoms with van der Waals surface area (Å²) in [6.07, 6.45) is 3.71. The number of carbonyl (C=O) groups excluding carboxylic acids is 4. The number of methoxy groups -OCH3 is 1. The quantitative estimate of drug-likeness (QED) is 0.292. The number of rotatable bonds is 2. The van der Waals surface area contributed by atoms with Crippen LogP contribution in [0.2, 0.25) is 0 Å². The second-order valence-corrected chi connectivity index (χ2v) is 12.4. The SMILES string of the molecule is COc1cc(Br)cc(C2C3=CCC4C(=O)N(C(C)(C)C)C(=O)C4C3CC3=C2C(=O)C=C(Br)C3=O)c1O. The van der Waals surface area contributed by atoms with Gasteiger partial charge in [-0.25, -0.2) is 0 Å². The molecule has 1 N–H and O–H groups in total. The third-order valence-electron chi connectivity index (χ3n) is 7.60. The molecule has 5 rings (SSSR count). The lowest BCUT2D eigenvalue weighted by Crippen LogP contribution is -2.46. The Hall–Kier alpha value is -2.52. The number of allylic oxidation sites excluding steroid dienone is 6. The van der Waals surface area contributed by atoms with Crippen LogP contribution in [0, 0.1) is 17.8 Å². The number of nitrogens with zero attached hydrogens (tertiary/aromatic N) is 1. The fourth-order valence-corrected chi connectivity index (χ4v) is 7.10. The van der Waals surface area contributed by atoms with Gasteiger partial charge in [0, 0.05) is 38.7 Å². The molecular formula is C27H25Br2NO6. The van der Waals surface area contributed by atoms with E-state index in [0.717, 1.165) is 5.57 Å². The van der Waals surface area contributed by atoms with Gasteiger partial charge < -0.3 is 9.84 Å². The predicted octanol–water partition coefficient (Wildman–Crippen LogP) is 4.72. The van der Waals surface area contributed by atoms with Crippen molar-refractivity contribution in [2.75, 3.05) is 7.11 Å². The molecule has 1 fully saturated rings. The molecule has 4 aliphatic rings. The van der Waals surface area contributed by atoms with Gasteiger partial charge in [-0.1, -0.05) is 27.6 Å². The Morgan fingerprint density at radius 3 is 2.39 bits per heavy atom. The number of likely N-dealkylation sites (tertiary alicyclic amines) is 1. The van der Waals surface area contributed by atoms with Crippen LogP contribution in [0.1, 0.15) is 45.1 Å². The molecule has 1 saturated heterocycles. The minimum atomic E-state index is -0.758. The van der Waals surface area contributed by atoms with Crippen molar-refractivity contribution in [3.05, 3.63) is 55.5 Å². The minimum Gasteiger partial charge on any atom is -0.504 e. The molecular weight excluding hydrogens is 594 g/mol. The highest BCUT2D eigenvalue weighted by Gasteiger charge is 2.58. The van der Waals surface area contributed by atoms with Gasteiger partial charge in [-0.05, 0) is 67.6 Å². The van der Waals surface area contributed by atoms with Crippen LogP contribution in [-0.4, -0.2) is 46.0 Å². The van der Waals surface area contributed by atoms with E-state index in [9.17, 15) is 24.3 Å². The topological polar surface area (TPSA) is 101 Å². The summed E-state index contributed by atoms with van der Waals surface area (Å²) in [6.45, 7) is 5.49. The van der Waals surface area contributed by atoms with Gasteiger partial charge in [0.05, 0.1) is 23.4 Å². The van der Waals surface area contributed by atoms with Crippen molar-refractivity contribution in [1.29, 1.82) is 0 Å². The van der Waals surface area contributed by atoms with Crippen LogP contribution >= 0.6 is 31.9 Å². The van der Waals surface area contributed by atoms with Crippen LogP contribution in [0.4, 0.5) is 0 Å². The Bertz CT molecular complexity index is 1350. The lowest BCUT2D eigenvalue weighted by Gasteiger charge is -2.42. The summed E-state index contributed by atoms with van der Waals surface area (Å²) in [5.41, 5.74) is 1.11. The van der Waals surface area contributed by atoms with Crippen molar-refractivity contribution >= 4 is 55.2 Å². The molecule has 3 aliphatic carbocycles. The molecule has 7 nitrogen and oxygen atoms in total. The molecule has 4 unspecified atom stereocenters. The van der Waals surface area contributed by atoms with Gasteiger partial charge in [-0.2, -0.15) is 0 Å². The smallest absolute Gasteiger partial charge is 0.234 e. The predicted molar refractivity (Wildman–Crippen MR) is 139 cm³/mol. The summed E-state index contributed by atoms with van der Waals surface area (Å²) in [5.74, 6) is -3.41. The van der Waals surface area contributed by atoms with Crippen molar-refractivity contribution in [3.63, 3.8) is 0 Å². The number of phenols is 1. The normalized spacial score (nSPS) is 28.0. The molecule has 9 heteroatoms. The van der Waals surface area contributed by atoms with Crippen molar-refractivity contribution < 1.29 is 29.0 Å². The molecule has 4 atom stereocenters. The fraction of sp³-hybridized carbons (Fsp3) is 0.407. The number of amides is 2. The van der Waals surface area contributed by atoms with E-state index in [2.05, 4.69) is 31.9 Å². The largest absolute Gasteiger partial charge is 0.504 e. The third kappa shape index (κ3) is 3.57. The first-order valence-corrected chi connectivity index (χ1v) is 13.3. The summed E-state index contributed by atoms with van der Waals surface area (Å²) >= 11 is 6.67. The van der Waals surface area contributed by atoms with Gasteiger partial charge >= 0.3 is 0 Å². The first-order valence-electron chi connectivity index (χ1n) is 11.7. The lowest BCUT2D eigenvalue weighted by atomic mass is 9.59. The maximum atomic E-state index is 13.7. The number of aromatic hydroxyl groups is 1. The highest BCUT2D eigenvalue weighted by atomic mass is 79.9. The van der Waals surface area contributed by atoms with Gasteiger partial charge in [0.2, 0.25) is 11.8 Å². The van der Waals surface area contributed by atoms with E-state index in [1.807, 2.05) is 26.8 Å². The number of imide groups is 1. The molecule has 0 saturated carbocycles. The van der Waals surface area contributed by atoms with Crippen molar-refractivity contribution in [2.45, 2.75) is 45.1 Å². The zero-order valence-electron chi connectivity index (χ0n) is 20.2. The molecule has 0 bridgehead atoms. The van der Waals surface area contributed by atoms with Gasteiger partial charge in [0.15, 0.2) is 23.1 Å². The van der Waals surface area contributed by atoms with Crippen LogP contribution in [0.15, 0.2) is 50.0 Å². The molecule has 0 aromatic heterocycles. The summed E-state index contributed by atoms with van der Waals surface area (Å²) < 4.78 is 6.14. The Kier molecular flexibility index (Phi) is 5.95. The molecule has 1 aliphatic heterocycles. The monoisotopic (exact) mass is 617 g/mol. The highest BCUT2D eigenvalue weighted by Crippen LogP contribution is 2.57. The van der Waals surface area contributed by atoms with Gasteiger partial charge in [-0.3, -0.25) is 24.1 Å². The average molecular weight is 619 g/mol. The molecule has 36 heavy (non-hydrogen) atoms. The van der Waals surface area contributed by atoms with Crippen molar-refractivity contribution in [2.24, 2.45) is 17.8 Å². The van der Waals surface area contributed by atoms with E-state index < -0.39 is 29.2 Å². The van der Waals surface area contributed by atoms with Crippen molar-refractivity contribution in [1.82, 2.24) is 4.90 Å². The molecule has 1 heterocycles. The van der Waals surface area contributed by atoms with E-state index in [1.54, 1.807) is 12.1 Å². The molecule has 0 spiro atoms. The summed E-state index contributed by atoms with van der Waals surface area (Å²) in [7, 11) is 1.43. The first kappa shape index (κ1) is 25.1. The van der Waals surface area contributed by atoms with E-state index in [-0.39, 0.29) is 45.8 Å². The lowest BCUT2D eigenvalue weighted by molar-refractivity contribution is -0.145. The van der Waals surface area contributed by atoms with Gasteiger partial charge in [-0.15, -0.1) is 0 Å². The molecule has 0 radical (unpaired) electrons. The van der Waals surface area contributed by atoms with Crippen LogP contribution < -0.4 is 4.74 Å². The standard InChI is InChI=1S/C27H25Br2NO6/c1-27(2,3)30-25(34)13-6-5-12-14(21(13)26(30)35)9-16-22(18(31)10-17(29)23(16)32)20(12)15-7-11(28)8-19(36-4)24(15)33/h5,7-8,10,13-14,20-21,33H,6,9H2,1-4H3. The Morgan fingerprint density at radius 1 is 1.06 bits per heavy atom. The summed E-state index contributed by atoms with van der Waals surface area (Å²) in [6, 6.07) is 3.32. The fourth-order valence-electron chi connectivity index (χ4n) is 6.19. The third-order valence-corrected chi connectivity index (χ3v) is 8.65. The minimum absolute atomic E-state index is 0.139. The number of Topliss-reactive ketones (excluding diaryl/α,β-unsaturated/α-hetero) is 1. The highest BCUT2D eigenvalue weighted by molar-refractivity contribution is 9.12. The summed E-state index contributed by atoms with van der Waals surface area (Å²) in [5, 5.41) is 11.1. The number of ketones is 2. The molecule has 188 valence electrons. The van der Waals surface area contributed by atoms with Gasteiger partial charge in [0.25, 0.3) is 0 Å².